The van der Waals surface area contributed by atoms with Crippen LogP contribution in [-0.2, 0) is 11.2 Å². The maximum absolute atomic E-state index is 11.8. The average Bonchev–Trinajstić information content (AvgIpc) is 3.14. The maximum atomic E-state index is 11.8. The minimum absolute atomic E-state index is 0.189. The van der Waals surface area contributed by atoms with Crippen LogP contribution in [0.5, 0.6) is 0 Å². The average molecular weight is 401 g/mol. The number of benzene rings is 3. The van der Waals surface area contributed by atoms with Gasteiger partial charge < -0.3 is 9.52 Å². The number of fused-ring (bicyclic) bond motifs is 3. The van der Waals surface area contributed by atoms with Crippen LogP contribution in [0.1, 0.15) is 36.4 Å². The number of para-hydroxylation sites is 1. The lowest BCUT2D eigenvalue weighted by atomic mass is 9.90. The van der Waals surface area contributed by atoms with E-state index >= 15 is 0 Å². The van der Waals surface area contributed by atoms with Crippen molar-refractivity contribution < 1.29 is 14.3 Å². The molecule has 0 aliphatic rings. The van der Waals surface area contributed by atoms with Gasteiger partial charge in [0.15, 0.2) is 0 Å². The molecule has 3 aromatic carbocycles. The van der Waals surface area contributed by atoms with E-state index in [0.717, 1.165) is 40.3 Å². The van der Waals surface area contributed by atoms with Gasteiger partial charge in [-0.2, -0.15) is 4.91 Å². The standard InChI is InChI=1S/C25H23NO4/c27-25(28)19(10-6-9-17-7-2-1-3-8-17)16-22(26-29)18-13-14-24-21(15-18)20-11-4-5-12-23(20)30-24/h1-5,7-8,11-15,19,22H,6,9-10,16H2,(H,27,28). The molecule has 1 aromatic heterocycles. The summed E-state index contributed by atoms with van der Waals surface area (Å²) < 4.78 is 5.83. The fourth-order valence-electron chi connectivity index (χ4n) is 4.00. The number of nitrogens with zero attached hydrogens (tertiary/aromatic N) is 1. The number of aliphatic carboxylic acids is 1. The van der Waals surface area contributed by atoms with Crippen LogP contribution < -0.4 is 0 Å². The molecular formula is C25H23NO4. The highest BCUT2D eigenvalue weighted by Crippen LogP contribution is 2.34. The predicted octanol–water partition coefficient (Wildman–Crippen LogP) is 6.51. The molecule has 0 spiro atoms. The number of carboxylic acid groups (broad SMARTS) is 1. The minimum atomic E-state index is -0.883. The molecule has 0 aliphatic heterocycles. The molecule has 0 aliphatic carbocycles. The first kappa shape index (κ1) is 19.8. The Hall–Kier alpha value is -3.47. The Bertz CT molecular complexity index is 1170. The Balaban J connectivity index is 1.50. The SMILES string of the molecule is O=NC(CC(CCCc1ccccc1)C(=O)O)c1ccc2oc3ccccc3c2c1. The molecular weight excluding hydrogens is 378 g/mol. The summed E-state index contributed by atoms with van der Waals surface area (Å²) in [6.07, 6.45) is 2.26. The summed E-state index contributed by atoms with van der Waals surface area (Å²) >= 11 is 0. The number of furan rings is 1. The third-order valence-electron chi connectivity index (χ3n) is 5.63. The Morgan fingerprint density at radius 1 is 0.933 bits per heavy atom. The van der Waals surface area contributed by atoms with Crippen molar-refractivity contribution in [2.45, 2.75) is 31.7 Å². The van der Waals surface area contributed by atoms with E-state index in [1.54, 1.807) is 6.07 Å². The van der Waals surface area contributed by atoms with Crippen LogP contribution in [-0.4, -0.2) is 11.1 Å². The molecule has 1 heterocycles. The Morgan fingerprint density at radius 3 is 2.43 bits per heavy atom. The molecule has 0 bridgehead atoms. The van der Waals surface area contributed by atoms with Gasteiger partial charge in [-0.1, -0.05) is 59.8 Å². The first-order chi connectivity index (χ1) is 14.7. The number of hydrogen-bond donors (Lipinski definition) is 1. The molecule has 2 atom stereocenters. The van der Waals surface area contributed by atoms with E-state index < -0.39 is 17.9 Å². The second kappa shape index (κ2) is 8.91. The topological polar surface area (TPSA) is 79.9 Å². The molecule has 0 fully saturated rings. The zero-order valence-electron chi connectivity index (χ0n) is 16.5. The molecule has 4 rings (SSSR count). The van der Waals surface area contributed by atoms with Crippen molar-refractivity contribution >= 4 is 27.9 Å². The number of carbonyl (C=O) groups is 1. The van der Waals surface area contributed by atoms with Crippen molar-refractivity contribution in [1.29, 1.82) is 0 Å². The lowest BCUT2D eigenvalue weighted by Gasteiger charge is -2.16. The number of hydrogen-bond acceptors (Lipinski definition) is 4. The lowest BCUT2D eigenvalue weighted by molar-refractivity contribution is -0.142. The Morgan fingerprint density at radius 2 is 1.67 bits per heavy atom. The highest BCUT2D eigenvalue weighted by molar-refractivity contribution is 6.05. The molecule has 0 radical (unpaired) electrons. The molecule has 0 amide bonds. The Labute approximate surface area is 174 Å². The van der Waals surface area contributed by atoms with E-state index in [4.69, 9.17) is 4.42 Å². The van der Waals surface area contributed by atoms with Crippen LogP contribution in [0.15, 0.2) is 82.4 Å². The van der Waals surface area contributed by atoms with Crippen molar-refractivity contribution in [2.75, 3.05) is 0 Å². The first-order valence-corrected chi connectivity index (χ1v) is 10.2. The van der Waals surface area contributed by atoms with Gasteiger partial charge in [0.05, 0.1) is 5.92 Å². The Kier molecular flexibility index (Phi) is 5.89. The van der Waals surface area contributed by atoms with Gasteiger partial charge in [0, 0.05) is 10.8 Å². The zero-order chi connectivity index (χ0) is 20.9. The van der Waals surface area contributed by atoms with Crippen molar-refractivity contribution in [1.82, 2.24) is 0 Å². The smallest absolute Gasteiger partial charge is 0.306 e. The highest BCUT2D eigenvalue weighted by atomic mass is 16.4. The van der Waals surface area contributed by atoms with Gasteiger partial charge in [0.2, 0.25) is 0 Å². The fourth-order valence-corrected chi connectivity index (χ4v) is 4.00. The summed E-state index contributed by atoms with van der Waals surface area (Å²) in [6, 6.07) is 22.5. The van der Waals surface area contributed by atoms with Crippen molar-refractivity contribution in [3.63, 3.8) is 0 Å². The maximum Gasteiger partial charge on any atom is 0.306 e. The summed E-state index contributed by atoms with van der Waals surface area (Å²) in [7, 11) is 0. The summed E-state index contributed by atoms with van der Waals surface area (Å²) in [4.78, 5) is 23.4. The van der Waals surface area contributed by atoms with Crippen LogP contribution in [0.2, 0.25) is 0 Å². The molecule has 4 aromatic rings. The van der Waals surface area contributed by atoms with Gasteiger partial charge in [-0.25, -0.2) is 0 Å². The van der Waals surface area contributed by atoms with Gasteiger partial charge in [-0.05, 0) is 55.0 Å². The van der Waals surface area contributed by atoms with Crippen molar-refractivity contribution in [3.05, 3.63) is 88.8 Å². The molecule has 5 heteroatoms. The van der Waals surface area contributed by atoms with Crippen LogP contribution in [0.3, 0.4) is 0 Å². The monoisotopic (exact) mass is 401 g/mol. The molecule has 30 heavy (non-hydrogen) atoms. The second-order valence-electron chi connectivity index (χ2n) is 7.62. The number of carboxylic acids is 1. The van der Waals surface area contributed by atoms with Crippen molar-refractivity contribution in [2.24, 2.45) is 11.1 Å². The van der Waals surface area contributed by atoms with Crippen LogP contribution in [0.25, 0.3) is 21.9 Å². The third-order valence-corrected chi connectivity index (χ3v) is 5.63. The lowest BCUT2D eigenvalue weighted by Crippen LogP contribution is -2.17. The summed E-state index contributed by atoms with van der Waals surface area (Å²) in [5, 5.41) is 14.8. The molecule has 1 N–H and O–H groups in total. The predicted molar refractivity (Wildman–Crippen MR) is 117 cm³/mol. The minimum Gasteiger partial charge on any atom is -0.481 e. The second-order valence-corrected chi connectivity index (χ2v) is 7.62. The fraction of sp³-hybridized carbons (Fsp3) is 0.240. The molecule has 5 nitrogen and oxygen atoms in total. The number of nitroso groups, excluding NO2 is 1. The van der Waals surface area contributed by atoms with Gasteiger partial charge in [-0.3, -0.25) is 4.79 Å². The van der Waals surface area contributed by atoms with E-state index in [2.05, 4.69) is 5.18 Å². The largest absolute Gasteiger partial charge is 0.481 e. The summed E-state index contributed by atoms with van der Waals surface area (Å²) in [5.41, 5.74) is 3.43. The molecule has 0 saturated carbocycles. The van der Waals surface area contributed by atoms with Crippen LogP contribution in [0.4, 0.5) is 0 Å². The molecule has 152 valence electrons. The van der Waals surface area contributed by atoms with Crippen LogP contribution >= 0.6 is 0 Å². The molecule has 0 saturated heterocycles. The van der Waals surface area contributed by atoms with Crippen LogP contribution in [0, 0.1) is 10.8 Å². The number of aryl methyl sites for hydroxylation is 1. The number of rotatable bonds is 9. The zero-order valence-corrected chi connectivity index (χ0v) is 16.5. The van der Waals surface area contributed by atoms with E-state index in [0.29, 0.717) is 6.42 Å². The summed E-state index contributed by atoms with van der Waals surface area (Å²) in [6.45, 7) is 0. The summed E-state index contributed by atoms with van der Waals surface area (Å²) in [5.74, 6) is -1.50. The van der Waals surface area contributed by atoms with Gasteiger partial charge >= 0.3 is 5.97 Å². The third kappa shape index (κ3) is 4.25. The van der Waals surface area contributed by atoms with Gasteiger partial charge in [-0.15, -0.1) is 0 Å². The first-order valence-electron chi connectivity index (χ1n) is 10.2. The molecule has 2 unspecified atom stereocenters. The van der Waals surface area contributed by atoms with E-state index in [1.165, 1.54) is 5.56 Å². The normalized spacial score (nSPS) is 13.3. The van der Waals surface area contributed by atoms with Gasteiger partial charge in [0.25, 0.3) is 0 Å². The van der Waals surface area contributed by atoms with Crippen molar-refractivity contribution in [3.8, 4) is 0 Å². The van der Waals surface area contributed by atoms with E-state index in [1.807, 2.05) is 66.7 Å². The van der Waals surface area contributed by atoms with E-state index in [9.17, 15) is 14.8 Å². The quantitative estimate of drug-likeness (QED) is 0.324. The van der Waals surface area contributed by atoms with Gasteiger partial charge in [0.1, 0.15) is 17.2 Å². The van der Waals surface area contributed by atoms with E-state index in [-0.39, 0.29) is 6.42 Å². The highest BCUT2D eigenvalue weighted by Gasteiger charge is 2.25.